The standard InChI is InChI=1S/C8H4Br2/c9-5-4-7-2-1-3-8(10)6-7/h1-3,6H. The highest BCUT2D eigenvalue weighted by atomic mass is 79.9. The van der Waals surface area contributed by atoms with Gasteiger partial charge >= 0.3 is 0 Å². The van der Waals surface area contributed by atoms with E-state index < -0.39 is 0 Å². The zero-order chi connectivity index (χ0) is 7.40. The molecule has 0 unspecified atom stereocenters. The second kappa shape index (κ2) is 3.80. The third kappa shape index (κ3) is 2.17. The molecule has 0 aromatic heterocycles. The minimum absolute atomic E-state index is 1.01. The summed E-state index contributed by atoms with van der Waals surface area (Å²) in [5.41, 5.74) is 1.01. The summed E-state index contributed by atoms with van der Waals surface area (Å²) in [7, 11) is 0. The summed E-state index contributed by atoms with van der Waals surface area (Å²) in [6.45, 7) is 0. The Morgan fingerprint density at radius 2 is 2.10 bits per heavy atom. The second-order valence-electron chi connectivity index (χ2n) is 1.73. The molecule has 0 fully saturated rings. The fourth-order valence-electron chi connectivity index (χ4n) is 0.621. The topological polar surface area (TPSA) is 0 Å². The van der Waals surface area contributed by atoms with E-state index in [9.17, 15) is 0 Å². The third-order valence-electron chi connectivity index (χ3n) is 1.02. The van der Waals surface area contributed by atoms with Crippen molar-refractivity contribution in [1.82, 2.24) is 0 Å². The number of benzene rings is 1. The van der Waals surface area contributed by atoms with Crippen molar-refractivity contribution in [3.63, 3.8) is 0 Å². The predicted octanol–water partition coefficient (Wildman–Crippen LogP) is 3.15. The zero-order valence-electron chi connectivity index (χ0n) is 5.07. The van der Waals surface area contributed by atoms with Crippen molar-refractivity contribution >= 4 is 31.9 Å². The van der Waals surface area contributed by atoms with Gasteiger partial charge in [-0.05, 0) is 23.0 Å². The van der Waals surface area contributed by atoms with E-state index >= 15 is 0 Å². The summed E-state index contributed by atoms with van der Waals surface area (Å²) in [5.74, 6) is 2.88. The minimum Gasteiger partial charge on any atom is -0.0599 e. The lowest BCUT2D eigenvalue weighted by Crippen LogP contribution is -1.70. The molecule has 0 amide bonds. The molecule has 1 rings (SSSR count). The van der Waals surface area contributed by atoms with Gasteiger partial charge in [0.1, 0.15) is 0 Å². The molecular weight excluding hydrogens is 256 g/mol. The highest BCUT2D eigenvalue weighted by Crippen LogP contribution is 2.10. The normalized spacial score (nSPS) is 8.20. The van der Waals surface area contributed by atoms with Gasteiger partial charge < -0.3 is 0 Å². The van der Waals surface area contributed by atoms with Crippen molar-refractivity contribution in [2.75, 3.05) is 0 Å². The molecule has 2 heteroatoms. The molecule has 0 spiro atoms. The molecule has 0 aliphatic carbocycles. The third-order valence-corrected chi connectivity index (χ3v) is 1.71. The molecule has 0 aliphatic heterocycles. The molecule has 0 aliphatic rings. The summed E-state index contributed by atoms with van der Waals surface area (Å²) in [4.78, 5) is 2.65. The number of hydrogen-bond donors (Lipinski definition) is 0. The van der Waals surface area contributed by atoms with E-state index in [1.807, 2.05) is 24.3 Å². The van der Waals surface area contributed by atoms with Crippen LogP contribution in [-0.2, 0) is 0 Å². The van der Waals surface area contributed by atoms with E-state index in [2.05, 4.69) is 42.6 Å². The zero-order valence-corrected chi connectivity index (χ0v) is 8.24. The Labute approximate surface area is 76.9 Å². The van der Waals surface area contributed by atoms with Crippen LogP contribution in [0, 0.1) is 10.8 Å². The second-order valence-corrected chi connectivity index (χ2v) is 3.04. The van der Waals surface area contributed by atoms with Crippen LogP contribution < -0.4 is 0 Å². The molecule has 0 heterocycles. The summed E-state index contributed by atoms with van der Waals surface area (Å²) in [6.07, 6.45) is 0. The Kier molecular flexibility index (Phi) is 2.98. The molecule has 1 aromatic carbocycles. The molecule has 10 heavy (non-hydrogen) atoms. The molecule has 0 saturated carbocycles. The van der Waals surface area contributed by atoms with Crippen LogP contribution in [0.4, 0.5) is 0 Å². The Balaban J connectivity index is 3.03. The van der Waals surface area contributed by atoms with E-state index in [0.29, 0.717) is 0 Å². The van der Waals surface area contributed by atoms with Crippen molar-refractivity contribution in [2.24, 2.45) is 0 Å². The van der Waals surface area contributed by atoms with Crippen molar-refractivity contribution < 1.29 is 0 Å². The van der Waals surface area contributed by atoms with Gasteiger partial charge in [-0.1, -0.05) is 27.9 Å². The van der Waals surface area contributed by atoms with Crippen molar-refractivity contribution in [3.8, 4) is 10.8 Å². The van der Waals surface area contributed by atoms with Crippen LogP contribution in [0.25, 0.3) is 0 Å². The highest BCUT2D eigenvalue weighted by molar-refractivity contribution is 9.12. The molecule has 0 bridgehead atoms. The van der Waals surface area contributed by atoms with Crippen LogP contribution in [0.15, 0.2) is 28.7 Å². The largest absolute Gasteiger partial charge is 0.0599 e. The summed E-state index contributed by atoms with van der Waals surface area (Å²) < 4.78 is 1.06. The van der Waals surface area contributed by atoms with Crippen LogP contribution in [0.5, 0.6) is 0 Å². The fraction of sp³-hybridized carbons (Fsp3) is 0. The highest BCUT2D eigenvalue weighted by Gasteiger charge is 1.86. The van der Waals surface area contributed by atoms with Gasteiger partial charge in [-0.2, -0.15) is 0 Å². The lowest BCUT2D eigenvalue weighted by molar-refractivity contribution is 1.60. The molecule has 0 atom stereocenters. The first-order valence-corrected chi connectivity index (χ1v) is 4.29. The lowest BCUT2D eigenvalue weighted by Gasteiger charge is -1.89. The first-order valence-electron chi connectivity index (χ1n) is 2.70. The monoisotopic (exact) mass is 258 g/mol. The molecule has 1 aromatic rings. The van der Waals surface area contributed by atoms with Crippen molar-refractivity contribution in [2.45, 2.75) is 0 Å². The first-order chi connectivity index (χ1) is 4.83. The van der Waals surface area contributed by atoms with Crippen molar-refractivity contribution in [3.05, 3.63) is 34.3 Å². The van der Waals surface area contributed by atoms with E-state index in [1.165, 1.54) is 0 Å². The smallest absolute Gasteiger partial charge is 0.0265 e. The molecule has 0 radical (unpaired) electrons. The predicted molar refractivity (Wildman–Crippen MR) is 49.9 cm³/mol. The molecular formula is C8H4Br2. The Hall–Kier alpha value is -0.260. The van der Waals surface area contributed by atoms with Crippen LogP contribution in [0.2, 0.25) is 0 Å². The maximum atomic E-state index is 3.35. The van der Waals surface area contributed by atoms with Crippen LogP contribution in [-0.4, -0.2) is 0 Å². The minimum atomic E-state index is 1.01. The first kappa shape index (κ1) is 7.84. The van der Waals surface area contributed by atoms with Gasteiger partial charge in [-0.25, -0.2) is 0 Å². The van der Waals surface area contributed by atoms with Crippen molar-refractivity contribution in [1.29, 1.82) is 0 Å². The fourth-order valence-corrected chi connectivity index (χ4v) is 1.25. The summed E-state index contributed by atoms with van der Waals surface area (Å²) in [5, 5.41) is 0. The average molecular weight is 260 g/mol. The van der Waals surface area contributed by atoms with Gasteiger partial charge in [-0.3, -0.25) is 0 Å². The van der Waals surface area contributed by atoms with Gasteiger partial charge in [0.2, 0.25) is 0 Å². The van der Waals surface area contributed by atoms with E-state index in [-0.39, 0.29) is 0 Å². The van der Waals surface area contributed by atoms with Gasteiger partial charge in [-0.15, -0.1) is 0 Å². The Morgan fingerprint density at radius 3 is 2.70 bits per heavy atom. The van der Waals surface area contributed by atoms with Crippen LogP contribution in [0.3, 0.4) is 0 Å². The van der Waals surface area contributed by atoms with Crippen LogP contribution in [0.1, 0.15) is 5.56 Å². The molecule has 50 valence electrons. The molecule has 0 saturated heterocycles. The van der Waals surface area contributed by atoms with Gasteiger partial charge in [0.15, 0.2) is 0 Å². The van der Waals surface area contributed by atoms with Gasteiger partial charge in [0.25, 0.3) is 0 Å². The molecule has 0 N–H and O–H groups in total. The van der Waals surface area contributed by atoms with E-state index in [4.69, 9.17) is 0 Å². The molecule has 0 nitrogen and oxygen atoms in total. The average Bonchev–Trinajstić information content (AvgIpc) is 1.88. The summed E-state index contributed by atoms with van der Waals surface area (Å²) in [6, 6.07) is 7.85. The Bertz CT molecular complexity index is 281. The van der Waals surface area contributed by atoms with Crippen LogP contribution >= 0.6 is 31.9 Å². The maximum absolute atomic E-state index is 3.35. The Morgan fingerprint density at radius 1 is 1.30 bits per heavy atom. The SMILES string of the molecule is BrC#Cc1cccc(Br)c1. The quantitative estimate of drug-likeness (QED) is 0.628. The van der Waals surface area contributed by atoms with E-state index in [0.717, 1.165) is 10.0 Å². The number of hydrogen-bond acceptors (Lipinski definition) is 0. The summed E-state index contributed by atoms with van der Waals surface area (Å²) >= 11 is 6.38. The lowest BCUT2D eigenvalue weighted by atomic mass is 10.2. The maximum Gasteiger partial charge on any atom is 0.0265 e. The van der Waals surface area contributed by atoms with Gasteiger partial charge in [0.05, 0.1) is 0 Å². The van der Waals surface area contributed by atoms with Gasteiger partial charge in [0, 0.05) is 26.0 Å². The number of halogens is 2. The number of rotatable bonds is 0. The van der Waals surface area contributed by atoms with E-state index in [1.54, 1.807) is 0 Å².